The Labute approximate surface area is 77.4 Å². The van der Waals surface area contributed by atoms with Gasteiger partial charge in [0.25, 0.3) is 0 Å². The van der Waals surface area contributed by atoms with E-state index in [1.54, 1.807) is 6.20 Å². The smallest absolute Gasteiger partial charge is 0.133 e. The normalized spacial score (nSPS) is 10.0. The molecule has 0 atom stereocenters. The average Bonchev–Trinajstić information content (AvgIpc) is 2.08. The van der Waals surface area contributed by atoms with E-state index in [2.05, 4.69) is 9.97 Å². The Morgan fingerprint density at radius 1 is 1.62 bits per heavy atom. The van der Waals surface area contributed by atoms with Gasteiger partial charge < -0.3 is 5.73 Å². The monoisotopic (exact) mass is 176 g/mol. The van der Waals surface area contributed by atoms with Gasteiger partial charge in [0.2, 0.25) is 0 Å². The summed E-state index contributed by atoms with van der Waals surface area (Å²) in [7, 11) is 0. The highest BCUT2D eigenvalue weighted by Crippen LogP contribution is 2.13. The van der Waals surface area contributed by atoms with Gasteiger partial charge in [0.05, 0.1) is 12.5 Å². The Kier molecular flexibility index (Phi) is 2.80. The molecule has 0 fully saturated rings. The number of rotatable bonds is 2. The Hall–Kier alpha value is -1.63. The predicted octanol–water partition coefficient (Wildman–Crippen LogP) is 1.25. The first-order chi connectivity index (χ1) is 6.15. The lowest BCUT2D eigenvalue weighted by Gasteiger charge is -2.05. The first-order valence-electron chi connectivity index (χ1n) is 4.13. The summed E-state index contributed by atoms with van der Waals surface area (Å²) in [5, 5.41) is 8.46. The van der Waals surface area contributed by atoms with Crippen molar-refractivity contribution in [3.63, 3.8) is 0 Å². The number of nitriles is 1. The number of anilines is 1. The molecule has 0 saturated carbocycles. The number of aromatic nitrogens is 2. The van der Waals surface area contributed by atoms with E-state index >= 15 is 0 Å². The van der Waals surface area contributed by atoms with E-state index in [9.17, 15) is 0 Å². The molecular formula is C9H12N4. The summed E-state index contributed by atoms with van der Waals surface area (Å²) in [6, 6.07) is 2.01. The summed E-state index contributed by atoms with van der Waals surface area (Å²) >= 11 is 0. The molecule has 0 spiro atoms. The van der Waals surface area contributed by atoms with E-state index in [1.807, 2.05) is 19.9 Å². The van der Waals surface area contributed by atoms with Crippen molar-refractivity contribution < 1.29 is 0 Å². The molecule has 1 aromatic rings. The van der Waals surface area contributed by atoms with Crippen molar-refractivity contribution in [2.45, 2.75) is 26.2 Å². The first-order valence-corrected chi connectivity index (χ1v) is 4.13. The third kappa shape index (κ3) is 2.15. The third-order valence-corrected chi connectivity index (χ3v) is 1.70. The van der Waals surface area contributed by atoms with E-state index in [1.165, 1.54) is 0 Å². The lowest BCUT2D eigenvalue weighted by atomic mass is 10.2. The van der Waals surface area contributed by atoms with Crippen LogP contribution < -0.4 is 5.73 Å². The summed E-state index contributed by atoms with van der Waals surface area (Å²) in [6.07, 6.45) is 1.89. The van der Waals surface area contributed by atoms with Gasteiger partial charge in [-0.15, -0.1) is 0 Å². The average molecular weight is 176 g/mol. The molecule has 13 heavy (non-hydrogen) atoms. The quantitative estimate of drug-likeness (QED) is 0.735. The van der Waals surface area contributed by atoms with Crippen LogP contribution in [-0.4, -0.2) is 9.97 Å². The lowest BCUT2D eigenvalue weighted by Crippen LogP contribution is -2.04. The Bertz CT molecular complexity index is 338. The zero-order chi connectivity index (χ0) is 9.84. The minimum absolute atomic E-state index is 0.262. The first kappa shape index (κ1) is 9.46. The molecule has 0 aliphatic heterocycles. The molecule has 0 unspecified atom stereocenters. The Balaban J connectivity index is 3.00. The van der Waals surface area contributed by atoms with E-state index in [0.717, 1.165) is 5.82 Å². The van der Waals surface area contributed by atoms with Crippen LogP contribution in [0.25, 0.3) is 0 Å². The maximum Gasteiger partial charge on any atom is 0.133 e. The van der Waals surface area contributed by atoms with Crippen LogP contribution in [0.5, 0.6) is 0 Å². The number of hydrogen-bond donors (Lipinski definition) is 1. The lowest BCUT2D eigenvalue weighted by molar-refractivity contribution is 0.773. The molecule has 0 amide bonds. The zero-order valence-corrected chi connectivity index (χ0v) is 7.78. The van der Waals surface area contributed by atoms with Crippen molar-refractivity contribution in [2.75, 3.05) is 5.73 Å². The number of nitrogen functional groups attached to an aromatic ring is 1. The molecule has 1 heterocycles. The summed E-state index contributed by atoms with van der Waals surface area (Å²) in [5.74, 6) is 1.40. The Morgan fingerprint density at radius 2 is 2.31 bits per heavy atom. The van der Waals surface area contributed by atoms with E-state index < -0.39 is 0 Å². The van der Waals surface area contributed by atoms with Gasteiger partial charge in [0.1, 0.15) is 11.6 Å². The molecule has 4 heteroatoms. The van der Waals surface area contributed by atoms with Crippen LogP contribution in [0.4, 0.5) is 5.82 Å². The molecule has 1 aromatic heterocycles. The molecule has 4 nitrogen and oxygen atoms in total. The van der Waals surface area contributed by atoms with Gasteiger partial charge in [-0.25, -0.2) is 9.97 Å². The fraction of sp³-hybridized carbons (Fsp3) is 0.444. The molecule has 68 valence electrons. The fourth-order valence-electron chi connectivity index (χ4n) is 0.934. The van der Waals surface area contributed by atoms with Crippen LogP contribution in [0.3, 0.4) is 0 Å². The number of nitrogens with two attached hydrogens (primary N) is 1. The molecule has 0 aromatic carbocycles. The molecule has 0 bridgehead atoms. The van der Waals surface area contributed by atoms with Crippen molar-refractivity contribution in [2.24, 2.45) is 0 Å². The topological polar surface area (TPSA) is 75.6 Å². The SMILES string of the molecule is CC(C)c1ncc(CC#N)c(N)n1. The van der Waals surface area contributed by atoms with Crippen molar-refractivity contribution in [3.8, 4) is 6.07 Å². The maximum absolute atomic E-state index is 8.46. The summed E-state index contributed by atoms with van der Waals surface area (Å²) in [4.78, 5) is 8.22. The largest absolute Gasteiger partial charge is 0.383 e. The van der Waals surface area contributed by atoms with Gasteiger partial charge in [0, 0.05) is 17.7 Å². The highest BCUT2D eigenvalue weighted by atomic mass is 14.9. The second-order valence-corrected chi connectivity index (χ2v) is 3.13. The van der Waals surface area contributed by atoms with Gasteiger partial charge in [0.15, 0.2) is 0 Å². The van der Waals surface area contributed by atoms with Crippen LogP contribution >= 0.6 is 0 Å². The Morgan fingerprint density at radius 3 is 2.77 bits per heavy atom. The minimum Gasteiger partial charge on any atom is -0.383 e. The van der Waals surface area contributed by atoms with Crippen LogP contribution in [0.1, 0.15) is 31.2 Å². The number of hydrogen-bond acceptors (Lipinski definition) is 4. The molecule has 0 radical (unpaired) electrons. The van der Waals surface area contributed by atoms with E-state index in [-0.39, 0.29) is 12.3 Å². The van der Waals surface area contributed by atoms with Crippen LogP contribution in [0.15, 0.2) is 6.20 Å². The molecule has 0 aliphatic carbocycles. The maximum atomic E-state index is 8.46. The fourth-order valence-corrected chi connectivity index (χ4v) is 0.934. The second-order valence-electron chi connectivity index (χ2n) is 3.13. The molecule has 1 rings (SSSR count). The van der Waals surface area contributed by atoms with Crippen molar-refractivity contribution >= 4 is 5.82 Å². The predicted molar refractivity (Wildman–Crippen MR) is 49.9 cm³/mol. The van der Waals surface area contributed by atoms with Gasteiger partial charge >= 0.3 is 0 Å². The molecule has 2 N–H and O–H groups in total. The molecule has 0 aliphatic rings. The van der Waals surface area contributed by atoms with E-state index in [0.29, 0.717) is 11.4 Å². The third-order valence-electron chi connectivity index (χ3n) is 1.70. The van der Waals surface area contributed by atoms with Gasteiger partial charge in [-0.2, -0.15) is 5.26 Å². The molecular weight excluding hydrogens is 164 g/mol. The second kappa shape index (κ2) is 3.85. The van der Waals surface area contributed by atoms with Crippen molar-refractivity contribution in [1.29, 1.82) is 5.26 Å². The van der Waals surface area contributed by atoms with Gasteiger partial charge in [-0.05, 0) is 0 Å². The van der Waals surface area contributed by atoms with Crippen LogP contribution in [-0.2, 0) is 6.42 Å². The van der Waals surface area contributed by atoms with Crippen molar-refractivity contribution in [3.05, 3.63) is 17.6 Å². The summed E-state index contributed by atoms with van der Waals surface area (Å²) in [5.41, 5.74) is 6.34. The van der Waals surface area contributed by atoms with Crippen LogP contribution in [0, 0.1) is 11.3 Å². The van der Waals surface area contributed by atoms with Crippen molar-refractivity contribution in [1.82, 2.24) is 9.97 Å². The number of nitrogens with zero attached hydrogens (tertiary/aromatic N) is 3. The highest BCUT2D eigenvalue weighted by molar-refractivity contribution is 5.39. The molecule has 0 saturated heterocycles. The van der Waals surface area contributed by atoms with Gasteiger partial charge in [-0.1, -0.05) is 13.8 Å². The van der Waals surface area contributed by atoms with Crippen LogP contribution in [0.2, 0.25) is 0 Å². The highest BCUT2D eigenvalue weighted by Gasteiger charge is 2.06. The standard InChI is InChI=1S/C9H12N4/c1-6(2)9-12-5-7(3-4-10)8(11)13-9/h5-6H,3H2,1-2H3,(H2,11,12,13). The van der Waals surface area contributed by atoms with E-state index in [4.69, 9.17) is 11.0 Å². The zero-order valence-electron chi connectivity index (χ0n) is 7.78. The van der Waals surface area contributed by atoms with Gasteiger partial charge in [-0.3, -0.25) is 0 Å². The summed E-state index contributed by atoms with van der Waals surface area (Å²) in [6.45, 7) is 4.00. The minimum atomic E-state index is 0.262. The summed E-state index contributed by atoms with van der Waals surface area (Å²) < 4.78 is 0.